The predicted molar refractivity (Wildman–Crippen MR) is 61.1 cm³/mol. The van der Waals surface area contributed by atoms with Crippen molar-refractivity contribution in [2.75, 3.05) is 17.6 Å². The zero-order chi connectivity index (χ0) is 13.2. The van der Waals surface area contributed by atoms with E-state index >= 15 is 0 Å². The van der Waals surface area contributed by atoms with Crippen molar-refractivity contribution in [2.45, 2.75) is 0 Å². The van der Waals surface area contributed by atoms with Crippen molar-refractivity contribution in [3.8, 4) is 6.07 Å². The first-order valence-electron chi connectivity index (χ1n) is 4.40. The summed E-state index contributed by atoms with van der Waals surface area (Å²) < 4.78 is 23.4. The lowest BCUT2D eigenvalue weighted by molar-refractivity contribution is -0.384. The second kappa shape index (κ2) is 4.39. The summed E-state index contributed by atoms with van der Waals surface area (Å²) in [4.78, 5) is 10.1. The standard InChI is InChI=1S/C9H9N3O4S/c1-11(17(2,15)16)9-5-7(6-10)3-4-8(9)12(13)14/h3-5H,1-2H3. The summed E-state index contributed by atoms with van der Waals surface area (Å²) in [6.07, 6.45) is 0.926. The Bertz CT molecular complexity index is 603. The van der Waals surface area contributed by atoms with Crippen LogP contribution in [0, 0.1) is 21.4 Å². The number of hydrogen-bond acceptors (Lipinski definition) is 5. The second-order valence-electron chi connectivity index (χ2n) is 3.30. The van der Waals surface area contributed by atoms with Crippen LogP contribution in [-0.2, 0) is 10.0 Å². The molecule has 0 aromatic heterocycles. The lowest BCUT2D eigenvalue weighted by atomic mass is 10.2. The highest BCUT2D eigenvalue weighted by Crippen LogP contribution is 2.29. The van der Waals surface area contributed by atoms with Gasteiger partial charge in [0.25, 0.3) is 5.69 Å². The molecule has 0 atom stereocenters. The topological polar surface area (TPSA) is 104 Å². The van der Waals surface area contributed by atoms with Gasteiger partial charge in [-0.15, -0.1) is 0 Å². The summed E-state index contributed by atoms with van der Waals surface area (Å²) in [5.41, 5.74) is -0.338. The number of anilines is 1. The van der Waals surface area contributed by atoms with E-state index in [1.165, 1.54) is 19.2 Å². The van der Waals surface area contributed by atoms with E-state index in [9.17, 15) is 18.5 Å². The fourth-order valence-electron chi connectivity index (χ4n) is 1.18. The van der Waals surface area contributed by atoms with Gasteiger partial charge in [0.1, 0.15) is 5.69 Å². The van der Waals surface area contributed by atoms with Crippen molar-refractivity contribution >= 4 is 21.4 Å². The van der Waals surface area contributed by atoms with E-state index in [1.54, 1.807) is 6.07 Å². The molecule has 0 saturated heterocycles. The Balaban J connectivity index is 3.49. The van der Waals surface area contributed by atoms with E-state index in [2.05, 4.69) is 0 Å². The van der Waals surface area contributed by atoms with Gasteiger partial charge in [-0.25, -0.2) is 8.42 Å². The minimum atomic E-state index is -3.62. The molecule has 1 aromatic rings. The Morgan fingerprint density at radius 1 is 1.47 bits per heavy atom. The predicted octanol–water partition coefficient (Wildman–Crippen LogP) is 0.862. The van der Waals surface area contributed by atoms with Crippen LogP contribution in [0.15, 0.2) is 18.2 Å². The largest absolute Gasteiger partial charge is 0.293 e. The first kappa shape index (κ1) is 12.9. The van der Waals surface area contributed by atoms with Crippen LogP contribution in [0.3, 0.4) is 0 Å². The fraction of sp³-hybridized carbons (Fsp3) is 0.222. The minimum Gasteiger partial charge on any atom is -0.267 e. The number of benzene rings is 1. The minimum absolute atomic E-state index is 0.128. The van der Waals surface area contributed by atoms with Gasteiger partial charge in [-0.3, -0.25) is 14.4 Å². The van der Waals surface area contributed by atoms with Gasteiger partial charge in [-0.2, -0.15) is 5.26 Å². The van der Waals surface area contributed by atoms with E-state index < -0.39 is 14.9 Å². The first-order valence-corrected chi connectivity index (χ1v) is 6.24. The molecule has 0 aliphatic carbocycles. The number of sulfonamides is 1. The zero-order valence-electron chi connectivity index (χ0n) is 9.11. The van der Waals surface area contributed by atoms with Crippen molar-refractivity contribution in [3.63, 3.8) is 0 Å². The highest BCUT2D eigenvalue weighted by Gasteiger charge is 2.22. The second-order valence-corrected chi connectivity index (χ2v) is 5.32. The van der Waals surface area contributed by atoms with E-state index in [-0.39, 0.29) is 16.9 Å². The molecule has 90 valence electrons. The third-order valence-corrected chi connectivity index (χ3v) is 3.33. The summed E-state index contributed by atoms with van der Waals surface area (Å²) >= 11 is 0. The van der Waals surface area contributed by atoms with Gasteiger partial charge in [0.2, 0.25) is 10.0 Å². The van der Waals surface area contributed by atoms with Crippen LogP contribution in [0.25, 0.3) is 0 Å². The Labute approximate surface area is 98.1 Å². The quantitative estimate of drug-likeness (QED) is 0.588. The lowest BCUT2D eigenvalue weighted by Gasteiger charge is -2.16. The molecule has 0 saturated carbocycles. The van der Waals surface area contributed by atoms with Gasteiger partial charge >= 0.3 is 0 Å². The van der Waals surface area contributed by atoms with Crippen molar-refractivity contribution < 1.29 is 13.3 Å². The van der Waals surface area contributed by atoms with Gasteiger partial charge in [-0.05, 0) is 12.1 Å². The number of nitriles is 1. The van der Waals surface area contributed by atoms with Crippen molar-refractivity contribution in [1.82, 2.24) is 0 Å². The number of rotatable bonds is 3. The summed E-state index contributed by atoms with van der Waals surface area (Å²) in [5.74, 6) is 0. The first-order chi connectivity index (χ1) is 7.77. The molecular formula is C9H9N3O4S. The fourth-order valence-corrected chi connectivity index (χ4v) is 1.68. The van der Waals surface area contributed by atoms with Gasteiger partial charge < -0.3 is 0 Å². The average Bonchev–Trinajstić information content (AvgIpc) is 2.25. The number of nitro groups is 1. The molecule has 0 aliphatic rings. The normalized spacial score (nSPS) is 10.6. The Morgan fingerprint density at radius 2 is 2.06 bits per heavy atom. The molecule has 0 heterocycles. The Morgan fingerprint density at radius 3 is 2.47 bits per heavy atom. The van der Waals surface area contributed by atoms with E-state index in [4.69, 9.17) is 5.26 Å². The third-order valence-electron chi connectivity index (χ3n) is 2.14. The van der Waals surface area contributed by atoms with Crippen LogP contribution in [0.1, 0.15) is 5.56 Å². The molecule has 0 spiro atoms. The molecule has 0 amide bonds. The van der Waals surface area contributed by atoms with Gasteiger partial charge in [0.05, 0.1) is 22.8 Å². The zero-order valence-corrected chi connectivity index (χ0v) is 9.93. The van der Waals surface area contributed by atoms with Crippen LogP contribution in [0.2, 0.25) is 0 Å². The van der Waals surface area contributed by atoms with Gasteiger partial charge in [0, 0.05) is 13.1 Å². The summed E-state index contributed by atoms with van der Waals surface area (Å²) in [5, 5.41) is 19.4. The third kappa shape index (κ3) is 2.70. The van der Waals surface area contributed by atoms with Gasteiger partial charge in [0.15, 0.2) is 0 Å². The van der Waals surface area contributed by atoms with Crippen molar-refractivity contribution in [1.29, 1.82) is 5.26 Å². The molecule has 0 fully saturated rings. The Hall–Kier alpha value is -2.14. The molecule has 0 radical (unpaired) electrons. The molecule has 17 heavy (non-hydrogen) atoms. The maximum atomic E-state index is 11.3. The smallest absolute Gasteiger partial charge is 0.267 e. The monoisotopic (exact) mass is 255 g/mol. The highest BCUT2D eigenvalue weighted by molar-refractivity contribution is 7.92. The maximum Gasteiger partial charge on any atom is 0.293 e. The van der Waals surface area contributed by atoms with E-state index in [0.29, 0.717) is 0 Å². The molecule has 0 aliphatic heterocycles. The van der Waals surface area contributed by atoms with Crippen molar-refractivity contribution in [2.24, 2.45) is 0 Å². The van der Waals surface area contributed by atoms with Crippen LogP contribution >= 0.6 is 0 Å². The molecule has 8 heteroatoms. The SMILES string of the molecule is CN(c1cc(C#N)ccc1[N+](=O)[O-])S(C)(=O)=O. The van der Waals surface area contributed by atoms with Crippen LogP contribution in [-0.4, -0.2) is 26.6 Å². The van der Waals surface area contributed by atoms with E-state index in [1.807, 2.05) is 0 Å². The molecule has 1 rings (SSSR count). The number of nitro benzene ring substituents is 1. The molecular weight excluding hydrogens is 246 g/mol. The number of nitrogens with zero attached hydrogens (tertiary/aromatic N) is 3. The Kier molecular flexibility index (Phi) is 3.34. The molecule has 7 nitrogen and oxygen atoms in total. The summed E-state index contributed by atoms with van der Waals surface area (Å²) in [6.45, 7) is 0. The average molecular weight is 255 g/mol. The molecule has 0 unspecified atom stereocenters. The maximum absolute atomic E-state index is 11.3. The van der Waals surface area contributed by atoms with Crippen LogP contribution in [0.5, 0.6) is 0 Å². The number of hydrogen-bond donors (Lipinski definition) is 0. The molecule has 1 aromatic carbocycles. The van der Waals surface area contributed by atoms with Crippen LogP contribution < -0.4 is 4.31 Å². The molecule has 0 bridgehead atoms. The van der Waals surface area contributed by atoms with Gasteiger partial charge in [-0.1, -0.05) is 0 Å². The van der Waals surface area contributed by atoms with E-state index in [0.717, 1.165) is 16.6 Å². The lowest BCUT2D eigenvalue weighted by Crippen LogP contribution is -2.25. The molecule has 0 N–H and O–H groups in total. The summed E-state index contributed by atoms with van der Waals surface area (Å²) in [7, 11) is -2.42. The van der Waals surface area contributed by atoms with Crippen LogP contribution in [0.4, 0.5) is 11.4 Å². The van der Waals surface area contributed by atoms with Crippen molar-refractivity contribution in [3.05, 3.63) is 33.9 Å². The highest BCUT2D eigenvalue weighted by atomic mass is 32.2. The summed E-state index contributed by atoms with van der Waals surface area (Å²) in [6, 6.07) is 5.33.